The fourth-order valence-electron chi connectivity index (χ4n) is 4.94. The molecule has 2 atom stereocenters. The number of aromatic amines is 1. The van der Waals surface area contributed by atoms with Crippen LogP contribution < -0.4 is 0 Å². The van der Waals surface area contributed by atoms with Gasteiger partial charge in [0.1, 0.15) is 0 Å². The van der Waals surface area contributed by atoms with Gasteiger partial charge in [-0.25, -0.2) is 0 Å². The molecule has 0 saturated carbocycles. The first-order chi connectivity index (χ1) is 13.6. The molecule has 3 heterocycles. The number of aromatic nitrogens is 1. The van der Waals surface area contributed by atoms with Crippen molar-refractivity contribution in [3.63, 3.8) is 0 Å². The van der Waals surface area contributed by atoms with Crippen LogP contribution in [0.5, 0.6) is 0 Å². The Morgan fingerprint density at radius 2 is 1.86 bits per heavy atom. The van der Waals surface area contributed by atoms with Crippen molar-refractivity contribution in [1.82, 2.24) is 14.8 Å². The van der Waals surface area contributed by atoms with E-state index in [2.05, 4.69) is 39.0 Å². The minimum atomic E-state index is -0.769. The summed E-state index contributed by atoms with van der Waals surface area (Å²) < 4.78 is 0. The molecule has 2 aliphatic rings. The Morgan fingerprint density at radius 3 is 2.71 bits per heavy atom. The lowest BCUT2D eigenvalue weighted by molar-refractivity contribution is 0.0144. The predicted molar refractivity (Wildman–Crippen MR) is 113 cm³/mol. The number of piperazine rings is 1. The van der Waals surface area contributed by atoms with Gasteiger partial charge in [-0.2, -0.15) is 0 Å². The van der Waals surface area contributed by atoms with Crippen LogP contribution >= 0.6 is 0 Å². The number of fused-ring (bicyclic) bond motifs is 4. The standard InChI is InChI=1S/C24H29N3O/c1-24(28,18-7-3-2-4-8-18)11-12-26-13-14-27-17-23-21(15-19(27)16-26)20-9-5-6-10-22(20)25-23/h2-10,19,25,28H,11-17H2,1H3. The fraction of sp³-hybridized carbons (Fsp3) is 0.417. The number of benzene rings is 2. The molecule has 1 aromatic heterocycles. The Bertz CT molecular complexity index is 962. The van der Waals surface area contributed by atoms with E-state index in [0.29, 0.717) is 6.04 Å². The highest BCUT2D eigenvalue weighted by atomic mass is 16.3. The molecule has 2 unspecified atom stereocenters. The normalized spacial score (nSPS) is 22.6. The van der Waals surface area contributed by atoms with E-state index in [-0.39, 0.29) is 0 Å². The molecule has 2 aliphatic heterocycles. The number of nitrogens with zero attached hydrogens (tertiary/aromatic N) is 2. The largest absolute Gasteiger partial charge is 0.385 e. The molecule has 0 aliphatic carbocycles. The zero-order valence-electron chi connectivity index (χ0n) is 16.6. The average Bonchev–Trinajstić information content (AvgIpc) is 3.08. The predicted octanol–water partition coefficient (Wildman–Crippen LogP) is 3.51. The van der Waals surface area contributed by atoms with Crippen LogP contribution in [0.25, 0.3) is 10.9 Å². The van der Waals surface area contributed by atoms with Crippen LogP contribution in [0.2, 0.25) is 0 Å². The van der Waals surface area contributed by atoms with Crippen molar-refractivity contribution in [2.24, 2.45) is 0 Å². The van der Waals surface area contributed by atoms with Crippen molar-refractivity contribution >= 4 is 10.9 Å². The van der Waals surface area contributed by atoms with Crippen LogP contribution in [0.3, 0.4) is 0 Å². The highest BCUT2D eigenvalue weighted by Crippen LogP contribution is 2.32. The maximum Gasteiger partial charge on any atom is 0.0880 e. The topological polar surface area (TPSA) is 42.5 Å². The minimum absolute atomic E-state index is 0.571. The van der Waals surface area contributed by atoms with E-state index >= 15 is 0 Å². The van der Waals surface area contributed by atoms with Gasteiger partial charge in [0.05, 0.1) is 5.60 Å². The van der Waals surface area contributed by atoms with E-state index in [1.54, 1.807) is 0 Å². The van der Waals surface area contributed by atoms with Gasteiger partial charge in [0.2, 0.25) is 0 Å². The Morgan fingerprint density at radius 1 is 1.07 bits per heavy atom. The molecule has 4 nitrogen and oxygen atoms in total. The number of nitrogens with one attached hydrogen (secondary N) is 1. The third kappa shape index (κ3) is 3.26. The molecule has 0 bridgehead atoms. The van der Waals surface area contributed by atoms with E-state index in [9.17, 15) is 5.11 Å². The van der Waals surface area contributed by atoms with Gasteiger partial charge in [-0.15, -0.1) is 0 Å². The van der Waals surface area contributed by atoms with Gasteiger partial charge in [-0.3, -0.25) is 4.90 Å². The van der Waals surface area contributed by atoms with Crippen molar-refractivity contribution in [2.75, 3.05) is 26.2 Å². The summed E-state index contributed by atoms with van der Waals surface area (Å²) in [5.41, 5.74) is 4.42. The first-order valence-corrected chi connectivity index (χ1v) is 10.4. The van der Waals surface area contributed by atoms with Crippen LogP contribution in [0.15, 0.2) is 54.6 Å². The van der Waals surface area contributed by atoms with E-state index < -0.39 is 5.60 Å². The molecule has 1 fully saturated rings. The summed E-state index contributed by atoms with van der Waals surface area (Å²) in [6.45, 7) is 7.18. The number of hydrogen-bond acceptors (Lipinski definition) is 3. The first-order valence-electron chi connectivity index (χ1n) is 10.4. The maximum absolute atomic E-state index is 10.9. The Hall–Kier alpha value is -2.14. The van der Waals surface area contributed by atoms with Gasteiger partial charge in [-0.05, 0) is 37.0 Å². The molecule has 1 saturated heterocycles. The van der Waals surface area contributed by atoms with E-state index in [1.165, 1.54) is 22.2 Å². The lowest BCUT2D eigenvalue weighted by Gasteiger charge is -2.44. The summed E-state index contributed by atoms with van der Waals surface area (Å²) in [5, 5.41) is 12.3. The molecule has 0 amide bonds. The molecule has 4 heteroatoms. The number of H-pyrrole nitrogens is 1. The third-order valence-corrected chi connectivity index (χ3v) is 6.70. The minimum Gasteiger partial charge on any atom is -0.385 e. The summed E-state index contributed by atoms with van der Waals surface area (Å²) in [7, 11) is 0. The van der Waals surface area contributed by atoms with Gasteiger partial charge in [0, 0.05) is 55.4 Å². The molecule has 146 valence electrons. The monoisotopic (exact) mass is 375 g/mol. The molecule has 3 aromatic rings. The van der Waals surface area contributed by atoms with Crippen molar-refractivity contribution < 1.29 is 5.11 Å². The van der Waals surface area contributed by atoms with E-state index in [1.807, 2.05) is 37.3 Å². The van der Waals surface area contributed by atoms with Crippen LogP contribution in [0.4, 0.5) is 0 Å². The lowest BCUT2D eigenvalue weighted by Crippen LogP contribution is -2.55. The van der Waals surface area contributed by atoms with Gasteiger partial charge in [0.15, 0.2) is 0 Å². The molecule has 5 rings (SSSR count). The summed E-state index contributed by atoms with van der Waals surface area (Å²) in [4.78, 5) is 8.80. The molecule has 28 heavy (non-hydrogen) atoms. The van der Waals surface area contributed by atoms with E-state index in [4.69, 9.17) is 0 Å². The first kappa shape index (κ1) is 17.9. The highest BCUT2D eigenvalue weighted by molar-refractivity contribution is 5.84. The van der Waals surface area contributed by atoms with Crippen LogP contribution in [-0.4, -0.2) is 52.1 Å². The van der Waals surface area contributed by atoms with Crippen LogP contribution in [0.1, 0.15) is 30.2 Å². The van der Waals surface area contributed by atoms with Crippen molar-refractivity contribution in [3.05, 3.63) is 71.4 Å². The third-order valence-electron chi connectivity index (χ3n) is 6.70. The van der Waals surface area contributed by atoms with E-state index in [0.717, 1.165) is 51.1 Å². The quantitative estimate of drug-likeness (QED) is 0.733. The molecular formula is C24H29N3O. The summed E-state index contributed by atoms with van der Waals surface area (Å²) >= 11 is 0. The number of hydrogen-bond donors (Lipinski definition) is 2. The van der Waals surface area contributed by atoms with Gasteiger partial charge >= 0.3 is 0 Å². The summed E-state index contributed by atoms with van der Waals surface area (Å²) in [5.74, 6) is 0. The van der Waals surface area contributed by atoms with Crippen LogP contribution in [0, 0.1) is 0 Å². The zero-order valence-corrected chi connectivity index (χ0v) is 16.6. The number of rotatable bonds is 4. The van der Waals surface area contributed by atoms with Crippen molar-refractivity contribution in [2.45, 2.75) is 38.0 Å². The Kier molecular flexibility index (Phi) is 4.50. The summed E-state index contributed by atoms with van der Waals surface area (Å²) in [6, 6.07) is 19.3. The van der Waals surface area contributed by atoms with Gasteiger partial charge in [0.25, 0.3) is 0 Å². The second kappa shape index (κ2) is 7.03. The van der Waals surface area contributed by atoms with Gasteiger partial charge < -0.3 is 15.0 Å². The zero-order chi connectivity index (χ0) is 19.1. The fourth-order valence-corrected chi connectivity index (χ4v) is 4.94. The second-order valence-electron chi connectivity index (χ2n) is 8.65. The SMILES string of the molecule is CC(O)(CCN1CCN2Cc3[nH]c4ccccc4c3CC2C1)c1ccccc1. The van der Waals surface area contributed by atoms with Gasteiger partial charge in [-0.1, -0.05) is 48.5 Å². The molecule has 2 N–H and O–H groups in total. The molecule has 2 aromatic carbocycles. The summed E-state index contributed by atoms with van der Waals surface area (Å²) in [6.07, 6.45) is 1.88. The molecular weight excluding hydrogens is 346 g/mol. The highest BCUT2D eigenvalue weighted by Gasteiger charge is 2.34. The van der Waals surface area contributed by atoms with Crippen LogP contribution in [-0.2, 0) is 18.6 Å². The molecule has 0 radical (unpaired) electrons. The Balaban J connectivity index is 1.27. The second-order valence-corrected chi connectivity index (χ2v) is 8.65. The number of aliphatic hydroxyl groups is 1. The lowest BCUT2D eigenvalue weighted by atomic mass is 9.91. The number of para-hydroxylation sites is 1. The van der Waals surface area contributed by atoms with Crippen molar-refractivity contribution in [1.29, 1.82) is 0 Å². The smallest absolute Gasteiger partial charge is 0.0880 e. The average molecular weight is 376 g/mol. The Labute approximate surface area is 166 Å². The maximum atomic E-state index is 10.9. The van der Waals surface area contributed by atoms with Crippen molar-refractivity contribution in [3.8, 4) is 0 Å². The molecule has 0 spiro atoms.